The van der Waals surface area contributed by atoms with Crippen molar-refractivity contribution in [3.05, 3.63) is 30.1 Å². The molecule has 0 saturated carbocycles. The molecule has 4 heteroatoms. The van der Waals surface area contributed by atoms with Crippen LogP contribution in [0.1, 0.15) is 56.9 Å². The van der Waals surface area contributed by atoms with Gasteiger partial charge in [-0.2, -0.15) is 0 Å². The first-order chi connectivity index (χ1) is 10.3. The lowest BCUT2D eigenvalue weighted by Crippen LogP contribution is -1.93. The van der Waals surface area contributed by atoms with Crippen molar-refractivity contribution in [1.29, 1.82) is 0 Å². The fourth-order valence-corrected chi connectivity index (χ4v) is 2.63. The Balaban J connectivity index is 1.52. The number of carbonyl (C=O) groups is 1. The van der Waals surface area contributed by atoms with Gasteiger partial charge >= 0.3 is 5.97 Å². The van der Waals surface area contributed by atoms with Gasteiger partial charge in [0, 0.05) is 6.42 Å². The first-order valence-corrected chi connectivity index (χ1v) is 7.89. The molecule has 0 saturated heterocycles. The Morgan fingerprint density at radius 1 is 1.05 bits per heavy atom. The third-order valence-corrected chi connectivity index (χ3v) is 3.84. The van der Waals surface area contributed by atoms with Crippen molar-refractivity contribution in [2.45, 2.75) is 57.8 Å². The molecular weight excluding hydrogens is 264 g/mol. The Hall–Kier alpha value is -1.84. The van der Waals surface area contributed by atoms with E-state index < -0.39 is 5.97 Å². The lowest BCUT2D eigenvalue weighted by atomic mass is 10.0. The molecule has 2 N–H and O–H groups in total. The van der Waals surface area contributed by atoms with E-state index in [-0.39, 0.29) is 0 Å². The molecule has 0 fully saturated rings. The van der Waals surface area contributed by atoms with Crippen LogP contribution < -0.4 is 0 Å². The monoisotopic (exact) mass is 288 g/mol. The van der Waals surface area contributed by atoms with Crippen LogP contribution in [0, 0.1) is 0 Å². The number of fused-ring (bicyclic) bond motifs is 1. The summed E-state index contributed by atoms with van der Waals surface area (Å²) in [5.74, 6) is -0.677. The van der Waals surface area contributed by atoms with Crippen LogP contribution in [0.2, 0.25) is 0 Å². The highest BCUT2D eigenvalue weighted by atomic mass is 16.4. The number of carboxylic acids is 1. The maximum atomic E-state index is 10.4. The summed E-state index contributed by atoms with van der Waals surface area (Å²) in [6.45, 7) is 0. The first kappa shape index (κ1) is 15.5. The van der Waals surface area contributed by atoms with Crippen LogP contribution in [0.3, 0.4) is 0 Å². The maximum absolute atomic E-state index is 10.4. The van der Waals surface area contributed by atoms with Gasteiger partial charge in [-0.1, -0.05) is 38.2 Å². The second kappa shape index (κ2) is 8.45. The SMILES string of the molecule is O=C(O)CCCCCCCCCc1ccc2nc[nH]c2c1. The molecule has 2 rings (SSSR count). The third kappa shape index (κ3) is 5.58. The minimum absolute atomic E-state index is 0.316. The number of H-pyrrole nitrogens is 1. The lowest BCUT2D eigenvalue weighted by Gasteiger charge is -2.03. The Bertz CT molecular complexity index is 563. The van der Waals surface area contributed by atoms with Gasteiger partial charge in [-0.25, -0.2) is 4.98 Å². The van der Waals surface area contributed by atoms with E-state index in [1.807, 2.05) is 0 Å². The number of benzene rings is 1. The summed E-state index contributed by atoms with van der Waals surface area (Å²) in [6, 6.07) is 6.42. The quantitative estimate of drug-likeness (QED) is 0.640. The summed E-state index contributed by atoms with van der Waals surface area (Å²) >= 11 is 0. The Morgan fingerprint density at radius 3 is 2.52 bits per heavy atom. The minimum Gasteiger partial charge on any atom is -0.481 e. The standard InChI is InChI=1S/C17H24N2O2/c20-17(21)9-7-5-3-1-2-4-6-8-14-10-11-15-16(12-14)19-13-18-15/h10-13H,1-9H2,(H,18,19)(H,20,21). The molecule has 0 aliphatic carbocycles. The molecule has 0 unspecified atom stereocenters. The van der Waals surface area contributed by atoms with Gasteiger partial charge in [0.15, 0.2) is 0 Å². The Kier molecular flexibility index (Phi) is 6.25. The third-order valence-electron chi connectivity index (χ3n) is 3.84. The summed E-state index contributed by atoms with van der Waals surface area (Å²) in [7, 11) is 0. The second-order valence-corrected chi connectivity index (χ2v) is 5.62. The molecule has 0 radical (unpaired) electrons. The van der Waals surface area contributed by atoms with Gasteiger partial charge in [-0.3, -0.25) is 4.79 Å². The molecule has 1 heterocycles. The lowest BCUT2D eigenvalue weighted by molar-refractivity contribution is -0.137. The molecule has 4 nitrogen and oxygen atoms in total. The van der Waals surface area contributed by atoms with Crippen LogP contribution in [-0.2, 0) is 11.2 Å². The van der Waals surface area contributed by atoms with Gasteiger partial charge < -0.3 is 10.1 Å². The highest BCUT2D eigenvalue weighted by Gasteiger charge is 1.99. The second-order valence-electron chi connectivity index (χ2n) is 5.62. The van der Waals surface area contributed by atoms with Crippen molar-refractivity contribution in [2.75, 3.05) is 0 Å². The van der Waals surface area contributed by atoms with Gasteiger partial charge in [0.25, 0.3) is 0 Å². The maximum Gasteiger partial charge on any atom is 0.303 e. The van der Waals surface area contributed by atoms with Gasteiger partial charge in [0.2, 0.25) is 0 Å². The Labute approximate surface area is 125 Å². The topological polar surface area (TPSA) is 66.0 Å². The number of aryl methyl sites for hydroxylation is 1. The summed E-state index contributed by atoms with van der Waals surface area (Å²) in [6.07, 6.45) is 11.1. The van der Waals surface area contributed by atoms with Gasteiger partial charge in [-0.15, -0.1) is 0 Å². The van der Waals surface area contributed by atoms with Crippen LogP contribution in [-0.4, -0.2) is 21.0 Å². The molecule has 21 heavy (non-hydrogen) atoms. The van der Waals surface area contributed by atoms with E-state index in [2.05, 4.69) is 28.2 Å². The zero-order valence-corrected chi connectivity index (χ0v) is 12.5. The van der Waals surface area contributed by atoms with Crippen molar-refractivity contribution in [3.8, 4) is 0 Å². The van der Waals surface area contributed by atoms with Crippen LogP contribution in [0.5, 0.6) is 0 Å². The van der Waals surface area contributed by atoms with Gasteiger partial charge in [-0.05, 0) is 37.0 Å². The van der Waals surface area contributed by atoms with Crippen molar-refractivity contribution in [3.63, 3.8) is 0 Å². The number of aromatic amines is 1. The number of aliphatic carboxylic acids is 1. The molecule has 0 spiro atoms. The summed E-state index contributed by atoms with van der Waals surface area (Å²) in [4.78, 5) is 17.7. The molecule has 0 amide bonds. The van der Waals surface area contributed by atoms with E-state index in [4.69, 9.17) is 5.11 Å². The van der Waals surface area contributed by atoms with E-state index in [9.17, 15) is 4.79 Å². The Morgan fingerprint density at radius 2 is 1.76 bits per heavy atom. The minimum atomic E-state index is -0.677. The van der Waals surface area contributed by atoms with E-state index in [1.165, 1.54) is 31.2 Å². The number of nitrogens with zero attached hydrogens (tertiary/aromatic N) is 1. The zero-order chi connectivity index (χ0) is 14.9. The highest BCUT2D eigenvalue weighted by Crippen LogP contribution is 2.15. The van der Waals surface area contributed by atoms with Crippen LogP contribution in [0.25, 0.3) is 11.0 Å². The van der Waals surface area contributed by atoms with Gasteiger partial charge in [0.1, 0.15) is 0 Å². The molecule has 0 aliphatic heterocycles. The molecule has 2 aromatic rings. The number of hydrogen-bond acceptors (Lipinski definition) is 2. The molecular formula is C17H24N2O2. The molecule has 0 aliphatic rings. The van der Waals surface area contributed by atoms with E-state index in [0.29, 0.717) is 6.42 Å². The number of nitrogens with one attached hydrogen (secondary N) is 1. The van der Waals surface area contributed by atoms with E-state index in [1.54, 1.807) is 6.33 Å². The zero-order valence-electron chi connectivity index (χ0n) is 12.5. The molecule has 114 valence electrons. The molecule has 1 aromatic heterocycles. The van der Waals surface area contributed by atoms with Crippen molar-refractivity contribution < 1.29 is 9.90 Å². The van der Waals surface area contributed by atoms with E-state index >= 15 is 0 Å². The molecule has 1 aromatic carbocycles. The fraction of sp³-hybridized carbons (Fsp3) is 0.529. The molecule has 0 bridgehead atoms. The fourth-order valence-electron chi connectivity index (χ4n) is 2.63. The number of hydrogen-bond donors (Lipinski definition) is 2. The van der Waals surface area contributed by atoms with Crippen LogP contribution in [0.4, 0.5) is 0 Å². The molecule has 0 atom stereocenters. The first-order valence-electron chi connectivity index (χ1n) is 7.89. The average molecular weight is 288 g/mol. The normalized spacial score (nSPS) is 11.0. The summed E-state index contributed by atoms with van der Waals surface area (Å²) in [5.41, 5.74) is 3.51. The predicted molar refractivity (Wildman–Crippen MR) is 84.4 cm³/mol. The number of carboxylic acid groups (broad SMARTS) is 1. The van der Waals surface area contributed by atoms with Crippen molar-refractivity contribution >= 4 is 17.0 Å². The summed E-state index contributed by atoms with van der Waals surface area (Å²) < 4.78 is 0. The average Bonchev–Trinajstić information content (AvgIpc) is 2.92. The van der Waals surface area contributed by atoms with Crippen LogP contribution in [0.15, 0.2) is 24.5 Å². The van der Waals surface area contributed by atoms with Gasteiger partial charge in [0.05, 0.1) is 17.4 Å². The van der Waals surface area contributed by atoms with E-state index in [0.717, 1.165) is 36.7 Å². The number of unbranched alkanes of at least 4 members (excludes halogenated alkanes) is 6. The van der Waals surface area contributed by atoms with Crippen molar-refractivity contribution in [2.24, 2.45) is 0 Å². The largest absolute Gasteiger partial charge is 0.481 e. The van der Waals surface area contributed by atoms with Crippen molar-refractivity contribution in [1.82, 2.24) is 9.97 Å². The summed E-state index contributed by atoms with van der Waals surface area (Å²) in [5, 5.41) is 8.54. The smallest absolute Gasteiger partial charge is 0.303 e. The number of rotatable bonds is 10. The highest BCUT2D eigenvalue weighted by molar-refractivity contribution is 5.75. The number of aromatic nitrogens is 2. The van der Waals surface area contributed by atoms with Crippen LogP contribution >= 0.6 is 0 Å². The predicted octanol–water partition coefficient (Wildman–Crippen LogP) is 4.31. The number of imidazole rings is 1.